The molecule has 0 atom stereocenters. The van der Waals surface area contributed by atoms with E-state index in [1.54, 1.807) is 49.6 Å². The maximum atomic E-state index is 13.3. The van der Waals surface area contributed by atoms with Crippen molar-refractivity contribution in [3.63, 3.8) is 0 Å². The smallest absolute Gasteiger partial charge is 0.309 e. The zero-order valence-electron chi connectivity index (χ0n) is 18.3. The second-order valence-electron chi connectivity index (χ2n) is 7.58. The van der Waals surface area contributed by atoms with Gasteiger partial charge in [0.2, 0.25) is 5.91 Å². The molecule has 4 aromatic heterocycles. The van der Waals surface area contributed by atoms with Gasteiger partial charge in [-0.25, -0.2) is 14.8 Å². The summed E-state index contributed by atoms with van der Waals surface area (Å²) < 4.78 is 3.48. The van der Waals surface area contributed by atoms with E-state index >= 15 is 0 Å². The number of anilines is 1. The van der Waals surface area contributed by atoms with Crippen LogP contribution in [-0.4, -0.2) is 40.3 Å². The van der Waals surface area contributed by atoms with Crippen molar-refractivity contribution in [2.45, 2.75) is 26.9 Å². The molecule has 0 unspecified atom stereocenters. The summed E-state index contributed by atoms with van der Waals surface area (Å²) in [4.78, 5) is 63.3. The Hall–Kier alpha value is -4.41. The van der Waals surface area contributed by atoms with Gasteiger partial charge in [0, 0.05) is 30.7 Å². The molecule has 4 rings (SSSR count). The fourth-order valence-corrected chi connectivity index (χ4v) is 3.55. The zero-order valence-corrected chi connectivity index (χ0v) is 18.3. The third kappa shape index (κ3) is 4.20. The first kappa shape index (κ1) is 21.8. The van der Waals surface area contributed by atoms with Crippen LogP contribution in [0, 0.1) is 6.92 Å². The third-order valence-corrected chi connectivity index (χ3v) is 5.01. The number of hydrogen-bond acceptors (Lipinski definition) is 7. The molecule has 0 saturated heterocycles. The first-order chi connectivity index (χ1) is 15.8. The summed E-state index contributed by atoms with van der Waals surface area (Å²) in [6.45, 7) is 2.45. The SMILES string of the molecule is CC(=O)Cn1c(=O)c2c(nc(-c3ccncc3)n2CC(=O)Nc2cccc(C)n2)n(C)c1=O. The molecule has 0 aliphatic rings. The van der Waals surface area contributed by atoms with Crippen LogP contribution in [-0.2, 0) is 29.7 Å². The number of fused-ring (bicyclic) bond motifs is 1. The van der Waals surface area contributed by atoms with Gasteiger partial charge in [-0.2, -0.15) is 0 Å². The fourth-order valence-electron chi connectivity index (χ4n) is 3.55. The van der Waals surface area contributed by atoms with Gasteiger partial charge in [-0.1, -0.05) is 6.07 Å². The topological polar surface area (TPSA) is 134 Å². The fraction of sp³-hybridized carbons (Fsp3) is 0.227. The summed E-state index contributed by atoms with van der Waals surface area (Å²) in [6.07, 6.45) is 3.12. The van der Waals surface area contributed by atoms with Gasteiger partial charge in [0.25, 0.3) is 5.56 Å². The van der Waals surface area contributed by atoms with E-state index in [2.05, 4.69) is 20.3 Å². The Morgan fingerprint density at radius 3 is 2.39 bits per heavy atom. The highest BCUT2D eigenvalue weighted by molar-refractivity contribution is 5.91. The number of aromatic nitrogens is 6. The van der Waals surface area contributed by atoms with E-state index in [9.17, 15) is 19.2 Å². The average Bonchev–Trinajstić information content (AvgIpc) is 3.15. The minimum atomic E-state index is -0.697. The first-order valence-corrected chi connectivity index (χ1v) is 10.1. The Bertz CT molecular complexity index is 1500. The monoisotopic (exact) mass is 447 g/mol. The average molecular weight is 447 g/mol. The van der Waals surface area contributed by atoms with Crippen molar-refractivity contribution in [2.75, 3.05) is 5.32 Å². The third-order valence-electron chi connectivity index (χ3n) is 5.01. The number of nitrogens with zero attached hydrogens (tertiary/aromatic N) is 6. The molecule has 0 spiro atoms. The quantitative estimate of drug-likeness (QED) is 0.464. The van der Waals surface area contributed by atoms with Crippen molar-refractivity contribution in [3.05, 3.63) is 69.3 Å². The van der Waals surface area contributed by atoms with Crippen molar-refractivity contribution >= 4 is 28.7 Å². The van der Waals surface area contributed by atoms with Crippen LogP contribution in [0.25, 0.3) is 22.6 Å². The summed E-state index contributed by atoms with van der Waals surface area (Å²) in [5.74, 6) is -0.102. The lowest BCUT2D eigenvalue weighted by Gasteiger charge is -2.11. The molecule has 4 heterocycles. The number of carbonyl (C=O) groups is 2. The van der Waals surface area contributed by atoms with Crippen LogP contribution in [0.1, 0.15) is 12.6 Å². The van der Waals surface area contributed by atoms with Gasteiger partial charge in [-0.15, -0.1) is 0 Å². The molecule has 1 amide bonds. The summed E-state index contributed by atoms with van der Waals surface area (Å²) in [5.41, 5.74) is 0.128. The number of nitrogens with one attached hydrogen (secondary N) is 1. The van der Waals surface area contributed by atoms with Gasteiger partial charge >= 0.3 is 5.69 Å². The summed E-state index contributed by atoms with van der Waals surface area (Å²) in [7, 11) is 1.46. The lowest BCUT2D eigenvalue weighted by Crippen LogP contribution is -2.41. The molecule has 0 aliphatic heterocycles. The van der Waals surface area contributed by atoms with Crippen LogP contribution in [0.2, 0.25) is 0 Å². The maximum Gasteiger partial charge on any atom is 0.332 e. The molecule has 33 heavy (non-hydrogen) atoms. The Kier molecular flexibility index (Phi) is 5.69. The molecule has 11 heteroatoms. The number of Topliss-reactive ketones (excluding diaryl/α,β-unsaturated/α-hetero) is 1. The molecular weight excluding hydrogens is 426 g/mol. The van der Waals surface area contributed by atoms with Crippen LogP contribution in [0.15, 0.2) is 52.3 Å². The first-order valence-electron chi connectivity index (χ1n) is 10.1. The Morgan fingerprint density at radius 1 is 1.00 bits per heavy atom. The molecule has 0 aliphatic carbocycles. The minimum absolute atomic E-state index is 0.0394. The van der Waals surface area contributed by atoms with Gasteiger partial charge in [-0.05, 0) is 38.1 Å². The van der Waals surface area contributed by atoms with Crippen molar-refractivity contribution < 1.29 is 9.59 Å². The van der Waals surface area contributed by atoms with E-state index in [0.29, 0.717) is 17.2 Å². The van der Waals surface area contributed by atoms with Crippen molar-refractivity contribution in [1.82, 2.24) is 28.7 Å². The Balaban J connectivity index is 1.90. The minimum Gasteiger partial charge on any atom is -0.309 e. The standard InChI is InChI=1S/C22H21N7O4/c1-13-5-4-6-16(24-13)25-17(31)12-28-18-20(26-19(28)15-7-9-23-10-8-15)27(3)22(33)29(21(18)32)11-14(2)30/h4-10H,11-12H2,1-3H3,(H,24,25,31). The number of carbonyl (C=O) groups excluding carboxylic acids is 2. The molecule has 0 fully saturated rings. The lowest BCUT2D eigenvalue weighted by atomic mass is 10.2. The van der Waals surface area contributed by atoms with Gasteiger partial charge in [-0.3, -0.25) is 28.5 Å². The maximum absolute atomic E-state index is 13.3. The highest BCUT2D eigenvalue weighted by atomic mass is 16.2. The second kappa shape index (κ2) is 8.61. The van der Waals surface area contributed by atoms with Crippen LogP contribution >= 0.6 is 0 Å². The van der Waals surface area contributed by atoms with Gasteiger partial charge in [0.05, 0.1) is 6.54 Å². The van der Waals surface area contributed by atoms with E-state index in [4.69, 9.17) is 0 Å². The molecule has 0 saturated carbocycles. The number of rotatable bonds is 6. The molecule has 1 N–H and O–H groups in total. The molecule has 11 nitrogen and oxygen atoms in total. The number of pyridine rings is 2. The highest BCUT2D eigenvalue weighted by Gasteiger charge is 2.23. The van der Waals surface area contributed by atoms with E-state index in [1.165, 1.54) is 23.1 Å². The van der Waals surface area contributed by atoms with E-state index in [-0.39, 0.29) is 30.0 Å². The van der Waals surface area contributed by atoms with Crippen LogP contribution in [0.4, 0.5) is 5.82 Å². The molecule has 4 aromatic rings. The number of imidazole rings is 1. The van der Waals surface area contributed by atoms with Gasteiger partial charge in [0.15, 0.2) is 11.2 Å². The predicted molar refractivity (Wildman–Crippen MR) is 121 cm³/mol. The van der Waals surface area contributed by atoms with Crippen LogP contribution in [0.3, 0.4) is 0 Å². The molecule has 0 aromatic carbocycles. The molecule has 168 valence electrons. The number of amides is 1. The summed E-state index contributed by atoms with van der Waals surface area (Å²) in [5, 5.41) is 2.71. The van der Waals surface area contributed by atoms with Crippen LogP contribution < -0.4 is 16.6 Å². The normalized spacial score (nSPS) is 11.0. The van der Waals surface area contributed by atoms with Gasteiger partial charge < -0.3 is 9.88 Å². The van der Waals surface area contributed by atoms with E-state index in [1.807, 2.05) is 0 Å². The molecule has 0 bridgehead atoms. The summed E-state index contributed by atoms with van der Waals surface area (Å²) >= 11 is 0. The van der Waals surface area contributed by atoms with Crippen molar-refractivity contribution in [1.29, 1.82) is 0 Å². The van der Waals surface area contributed by atoms with Crippen LogP contribution in [0.5, 0.6) is 0 Å². The predicted octanol–water partition coefficient (Wildman–Crippen LogP) is 0.890. The lowest BCUT2D eigenvalue weighted by molar-refractivity contribution is -0.118. The number of hydrogen-bond donors (Lipinski definition) is 1. The zero-order chi connectivity index (χ0) is 23.7. The highest BCUT2D eigenvalue weighted by Crippen LogP contribution is 2.22. The van der Waals surface area contributed by atoms with Gasteiger partial charge in [0.1, 0.15) is 24.0 Å². The number of ketones is 1. The number of aryl methyl sites for hydroxylation is 2. The Labute approximate surface area is 187 Å². The van der Waals surface area contributed by atoms with E-state index in [0.717, 1.165) is 10.3 Å². The molecule has 0 radical (unpaired) electrons. The second-order valence-corrected chi connectivity index (χ2v) is 7.58. The molecular formula is C22H21N7O4. The largest absolute Gasteiger partial charge is 0.332 e. The Morgan fingerprint density at radius 2 is 1.73 bits per heavy atom. The summed E-state index contributed by atoms with van der Waals surface area (Å²) in [6, 6.07) is 8.60. The van der Waals surface area contributed by atoms with E-state index < -0.39 is 17.2 Å². The van der Waals surface area contributed by atoms with Crippen molar-refractivity contribution in [2.24, 2.45) is 7.05 Å². The van der Waals surface area contributed by atoms with Crippen molar-refractivity contribution in [3.8, 4) is 11.4 Å².